The van der Waals surface area contributed by atoms with Crippen molar-refractivity contribution in [3.63, 3.8) is 0 Å². The molecule has 9 nitrogen and oxygen atoms in total. The van der Waals surface area contributed by atoms with Crippen LogP contribution in [0.1, 0.15) is 18.1 Å². The molecule has 1 unspecified atom stereocenters. The van der Waals surface area contributed by atoms with Crippen molar-refractivity contribution in [2.45, 2.75) is 13.1 Å². The number of hydrogen-bond donors (Lipinski definition) is 2. The summed E-state index contributed by atoms with van der Waals surface area (Å²) in [7, 11) is -2.23. The van der Waals surface area contributed by atoms with E-state index in [-0.39, 0.29) is 34.4 Å². The summed E-state index contributed by atoms with van der Waals surface area (Å²) in [5.41, 5.74) is 1.32. The summed E-state index contributed by atoms with van der Waals surface area (Å²) in [6, 6.07) is 11.9. The van der Waals surface area contributed by atoms with Gasteiger partial charge in [-0.3, -0.25) is 10.1 Å². The van der Waals surface area contributed by atoms with Crippen LogP contribution in [0.25, 0.3) is 0 Å². The van der Waals surface area contributed by atoms with Crippen molar-refractivity contribution < 1.29 is 27.1 Å². The van der Waals surface area contributed by atoms with Crippen LogP contribution in [0.3, 0.4) is 0 Å². The number of benzene rings is 2. The molecule has 2 heterocycles. The van der Waals surface area contributed by atoms with E-state index < -0.39 is 33.8 Å². The predicted molar refractivity (Wildman–Crippen MR) is 120 cm³/mol. The molecule has 2 aromatic rings. The molecule has 0 aliphatic carbocycles. The summed E-state index contributed by atoms with van der Waals surface area (Å²) < 4.78 is 44.5. The fourth-order valence-electron chi connectivity index (χ4n) is 3.60. The van der Waals surface area contributed by atoms with E-state index in [1.807, 2.05) is 0 Å². The number of sulfone groups is 1. The first-order chi connectivity index (χ1) is 15.7. The van der Waals surface area contributed by atoms with Crippen molar-refractivity contribution in [1.29, 1.82) is 0 Å². The Hall–Kier alpha value is -3.73. The Morgan fingerprint density at radius 3 is 2.52 bits per heavy atom. The van der Waals surface area contributed by atoms with Crippen molar-refractivity contribution in [3.05, 3.63) is 76.3 Å². The van der Waals surface area contributed by atoms with Crippen LogP contribution in [0.4, 0.5) is 14.9 Å². The first kappa shape index (κ1) is 22.5. The Kier molecular flexibility index (Phi) is 5.90. The van der Waals surface area contributed by atoms with Crippen LogP contribution in [-0.2, 0) is 19.4 Å². The zero-order valence-electron chi connectivity index (χ0n) is 17.8. The van der Waals surface area contributed by atoms with Gasteiger partial charge < -0.3 is 15.0 Å². The fraction of sp³-hybridized carbons (Fsp3) is 0.227. The normalized spacial score (nSPS) is 19.7. The Morgan fingerprint density at radius 1 is 1.15 bits per heavy atom. The van der Waals surface area contributed by atoms with E-state index in [1.54, 1.807) is 30.3 Å². The van der Waals surface area contributed by atoms with Gasteiger partial charge in [0.2, 0.25) is 6.17 Å². The second-order valence-electron chi connectivity index (χ2n) is 7.43. The standard InChI is InChI=1S/C22H21FN4O5S/c1-13-20(33(30,31)12-11-32-13)26-22(29)25-19-21(28)27(2)17-10-6-4-8-15(17)18(24-19)14-7-3-5-9-16(14)23/h3-10,19H,11-12H2,1-2H3,(H2,25,26,29). The molecule has 0 saturated carbocycles. The Morgan fingerprint density at radius 2 is 1.82 bits per heavy atom. The maximum Gasteiger partial charge on any atom is 0.321 e. The van der Waals surface area contributed by atoms with Crippen LogP contribution in [0.2, 0.25) is 0 Å². The monoisotopic (exact) mass is 472 g/mol. The van der Waals surface area contributed by atoms with Crippen molar-refractivity contribution >= 4 is 33.2 Å². The highest BCUT2D eigenvalue weighted by molar-refractivity contribution is 7.95. The maximum absolute atomic E-state index is 14.7. The molecule has 11 heteroatoms. The summed E-state index contributed by atoms with van der Waals surface area (Å²) in [5, 5.41) is 4.27. The SMILES string of the molecule is CC1=C(NC(=O)NC2N=C(c3ccccc3F)c3ccccc3N(C)C2=O)S(=O)(=O)CCO1. The number of carbonyl (C=O) groups excluding carboxylic acids is 2. The molecule has 2 aliphatic rings. The zero-order valence-corrected chi connectivity index (χ0v) is 18.6. The number of fused-ring (bicyclic) bond motifs is 1. The largest absolute Gasteiger partial charge is 0.494 e. The number of nitrogens with zero attached hydrogens (tertiary/aromatic N) is 2. The van der Waals surface area contributed by atoms with Gasteiger partial charge in [0.05, 0.1) is 17.2 Å². The van der Waals surface area contributed by atoms with Crippen molar-refractivity contribution in [2.24, 2.45) is 4.99 Å². The van der Waals surface area contributed by atoms with Crippen LogP contribution in [0.5, 0.6) is 0 Å². The Labute approximate surface area is 189 Å². The van der Waals surface area contributed by atoms with Crippen LogP contribution in [0.15, 0.2) is 64.3 Å². The van der Waals surface area contributed by atoms with Gasteiger partial charge in [0, 0.05) is 18.2 Å². The van der Waals surface area contributed by atoms with Gasteiger partial charge in [-0.05, 0) is 25.1 Å². The minimum Gasteiger partial charge on any atom is -0.494 e. The molecule has 0 radical (unpaired) electrons. The molecular formula is C22H21FN4O5S. The summed E-state index contributed by atoms with van der Waals surface area (Å²) >= 11 is 0. The minimum atomic E-state index is -3.74. The van der Waals surface area contributed by atoms with E-state index in [0.29, 0.717) is 11.3 Å². The van der Waals surface area contributed by atoms with Crippen LogP contribution in [-0.4, -0.2) is 51.6 Å². The Bertz CT molecular complexity index is 1310. The lowest BCUT2D eigenvalue weighted by molar-refractivity contribution is -0.119. The minimum absolute atomic E-state index is 0.0125. The molecule has 3 amide bonds. The second-order valence-corrected chi connectivity index (χ2v) is 9.47. The molecule has 0 fully saturated rings. The molecule has 0 saturated heterocycles. The Balaban J connectivity index is 1.72. The second kappa shape index (κ2) is 8.66. The van der Waals surface area contributed by atoms with Gasteiger partial charge in [0.1, 0.15) is 18.2 Å². The number of likely N-dealkylation sites (N-methyl/N-ethyl adjacent to an activating group) is 1. The number of carbonyl (C=O) groups is 2. The first-order valence-corrected chi connectivity index (χ1v) is 11.7. The van der Waals surface area contributed by atoms with Gasteiger partial charge in [-0.25, -0.2) is 22.6 Å². The molecule has 4 rings (SSSR count). The lowest BCUT2D eigenvalue weighted by Gasteiger charge is -2.22. The van der Waals surface area contributed by atoms with Crippen molar-refractivity contribution in [2.75, 3.05) is 24.3 Å². The van der Waals surface area contributed by atoms with Gasteiger partial charge in [0.25, 0.3) is 5.91 Å². The highest BCUT2D eigenvalue weighted by Crippen LogP contribution is 2.28. The number of aliphatic imine (C=N–C) groups is 1. The molecule has 0 aromatic heterocycles. The third-order valence-corrected chi connectivity index (χ3v) is 6.98. The lowest BCUT2D eigenvalue weighted by atomic mass is 10.00. The molecule has 2 aromatic carbocycles. The number of para-hydroxylation sites is 1. The zero-order chi connectivity index (χ0) is 23.8. The third kappa shape index (κ3) is 4.31. The summed E-state index contributed by atoms with van der Waals surface area (Å²) in [4.78, 5) is 31.5. The number of amides is 3. The fourth-order valence-corrected chi connectivity index (χ4v) is 4.86. The molecule has 0 bridgehead atoms. The number of urea groups is 1. The third-order valence-electron chi connectivity index (χ3n) is 5.27. The van der Waals surface area contributed by atoms with E-state index in [4.69, 9.17) is 4.74 Å². The van der Waals surface area contributed by atoms with Gasteiger partial charge in [-0.15, -0.1) is 0 Å². The number of benzodiazepines with no additional fused rings is 1. The van der Waals surface area contributed by atoms with Gasteiger partial charge in [-0.1, -0.05) is 30.3 Å². The summed E-state index contributed by atoms with van der Waals surface area (Å²) in [6.45, 7) is 1.41. The summed E-state index contributed by atoms with van der Waals surface area (Å²) in [6.07, 6.45) is -1.44. The molecule has 1 atom stereocenters. The van der Waals surface area contributed by atoms with Crippen molar-refractivity contribution in [3.8, 4) is 0 Å². The average molecular weight is 472 g/mol. The summed E-state index contributed by atoms with van der Waals surface area (Å²) in [5.74, 6) is -1.37. The van der Waals surface area contributed by atoms with E-state index in [1.165, 1.54) is 37.1 Å². The average Bonchev–Trinajstić information content (AvgIpc) is 2.87. The first-order valence-electron chi connectivity index (χ1n) is 10.0. The number of ether oxygens (including phenoxy) is 1. The number of allylic oxidation sites excluding steroid dienone is 1. The number of hydrogen-bond acceptors (Lipinski definition) is 6. The van der Waals surface area contributed by atoms with Gasteiger partial charge in [-0.2, -0.15) is 0 Å². The van der Waals surface area contributed by atoms with Gasteiger partial charge in [0.15, 0.2) is 14.9 Å². The number of rotatable bonds is 3. The van der Waals surface area contributed by atoms with Crippen LogP contribution in [0, 0.1) is 5.82 Å². The highest BCUT2D eigenvalue weighted by atomic mass is 32.2. The number of nitrogens with one attached hydrogen (secondary N) is 2. The molecule has 33 heavy (non-hydrogen) atoms. The lowest BCUT2D eigenvalue weighted by Crippen LogP contribution is -2.50. The van der Waals surface area contributed by atoms with Crippen molar-refractivity contribution in [1.82, 2.24) is 10.6 Å². The molecular weight excluding hydrogens is 451 g/mol. The predicted octanol–water partition coefficient (Wildman–Crippen LogP) is 1.90. The molecule has 172 valence electrons. The van der Waals surface area contributed by atoms with Crippen LogP contribution < -0.4 is 15.5 Å². The topological polar surface area (TPSA) is 117 Å². The molecule has 2 aliphatic heterocycles. The van der Waals surface area contributed by atoms with E-state index in [2.05, 4.69) is 15.6 Å². The highest BCUT2D eigenvalue weighted by Gasteiger charge is 2.33. The van der Waals surface area contributed by atoms with E-state index >= 15 is 0 Å². The quantitative estimate of drug-likeness (QED) is 0.708. The van der Waals surface area contributed by atoms with Gasteiger partial charge >= 0.3 is 6.03 Å². The number of halogens is 1. The van der Waals surface area contributed by atoms with E-state index in [0.717, 1.165) is 0 Å². The maximum atomic E-state index is 14.7. The molecule has 0 spiro atoms. The van der Waals surface area contributed by atoms with E-state index in [9.17, 15) is 22.4 Å². The molecule has 2 N–H and O–H groups in total. The smallest absolute Gasteiger partial charge is 0.321 e. The number of anilines is 1. The van der Waals surface area contributed by atoms with Crippen LogP contribution >= 0.6 is 0 Å².